The number of halogens is 1. The molecule has 0 heterocycles. The molecule has 0 radical (unpaired) electrons. The molecule has 0 aromatic heterocycles. The maximum absolute atomic E-state index is 11.6. The van der Waals surface area contributed by atoms with Crippen molar-refractivity contribution in [1.82, 2.24) is 10.6 Å². The number of hydrogen-bond acceptors (Lipinski definition) is 2. The smallest absolute Gasteiger partial charge is 0.315 e. The monoisotopic (exact) mass is 282 g/mol. The molecule has 0 aliphatic rings. The standard InChI is InChI=1S/C14H19ClN2O2/c1-4-10(2)17-13(18)16-9-14(3,19)11-7-5-6-8-12(11)15/h4-8,10,19H,1,9H2,2-3H3,(H2,16,17,18)/t10-,14-/m1/s1. The average molecular weight is 283 g/mol. The fourth-order valence-corrected chi connectivity index (χ4v) is 1.90. The average Bonchev–Trinajstić information content (AvgIpc) is 2.36. The van der Waals surface area contributed by atoms with Crippen molar-refractivity contribution in [2.75, 3.05) is 6.54 Å². The third-order valence-corrected chi connectivity index (χ3v) is 3.09. The molecule has 5 heteroatoms. The lowest BCUT2D eigenvalue weighted by Crippen LogP contribution is -2.45. The predicted octanol–water partition coefficient (Wildman–Crippen LogP) is 2.42. The zero-order valence-corrected chi connectivity index (χ0v) is 11.9. The Kier molecular flexibility index (Phi) is 5.39. The van der Waals surface area contributed by atoms with Gasteiger partial charge in [-0.05, 0) is 19.9 Å². The first-order chi connectivity index (χ1) is 8.86. The normalized spacial score (nSPS) is 15.2. The van der Waals surface area contributed by atoms with Gasteiger partial charge >= 0.3 is 6.03 Å². The van der Waals surface area contributed by atoms with Crippen molar-refractivity contribution in [2.45, 2.75) is 25.5 Å². The van der Waals surface area contributed by atoms with E-state index in [1.54, 1.807) is 44.2 Å². The van der Waals surface area contributed by atoms with Gasteiger partial charge in [-0.3, -0.25) is 0 Å². The zero-order chi connectivity index (χ0) is 14.5. The maximum atomic E-state index is 11.6. The van der Waals surface area contributed by atoms with E-state index in [4.69, 9.17) is 11.6 Å². The molecule has 4 nitrogen and oxygen atoms in total. The van der Waals surface area contributed by atoms with Crippen LogP contribution in [0.2, 0.25) is 5.02 Å². The molecule has 2 atom stereocenters. The van der Waals surface area contributed by atoms with Crippen LogP contribution < -0.4 is 10.6 Å². The molecule has 0 spiro atoms. The Balaban J connectivity index is 2.63. The van der Waals surface area contributed by atoms with E-state index in [1.165, 1.54) is 0 Å². The van der Waals surface area contributed by atoms with E-state index in [0.29, 0.717) is 10.6 Å². The lowest BCUT2D eigenvalue weighted by Gasteiger charge is -2.25. The summed E-state index contributed by atoms with van der Waals surface area (Å²) in [6, 6.07) is 6.51. The number of urea groups is 1. The fraction of sp³-hybridized carbons (Fsp3) is 0.357. The Morgan fingerprint density at radius 2 is 2.21 bits per heavy atom. The van der Waals surface area contributed by atoms with Crippen LogP contribution in [0.3, 0.4) is 0 Å². The summed E-state index contributed by atoms with van der Waals surface area (Å²) in [6.45, 7) is 7.04. The summed E-state index contributed by atoms with van der Waals surface area (Å²) >= 11 is 6.03. The largest absolute Gasteiger partial charge is 0.384 e. The van der Waals surface area contributed by atoms with Crippen molar-refractivity contribution < 1.29 is 9.90 Å². The molecule has 19 heavy (non-hydrogen) atoms. The highest BCUT2D eigenvalue weighted by atomic mass is 35.5. The third kappa shape index (κ3) is 4.58. The molecule has 1 rings (SSSR count). The van der Waals surface area contributed by atoms with E-state index in [2.05, 4.69) is 17.2 Å². The molecule has 2 amide bonds. The summed E-state index contributed by atoms with van der Waals surface area (Å²) in [5, 5.41) is 16.1. The number of nitrogens with one attached hydrogen (secondary N) is 2. The number of carbonyl (C=O) groups is 1. The Bertz CT molecular complexity index is 461. The second kappa shape index (κ2) is 6.59. The van der Waals surface area contributed by atoms with E-state index >= 15 is 0 Å². The molecule has 0 aliphatic carbocycles. The van der Waals surface area contributed by atoms with Gasteiger partial charge in [0.25, 0.3) is 0 Å². The number of hydrogen-bond donors (Lipinski definition) is 3. The van der Waals surface area contributed by atoms with E-state index in [1.807, 2.05) is 0 Å². The molecule has 0 fully saturated rings. The molecule has 0 aliphatic heterocycles. The van der Waals surface area contributed by atoms with E-state index in [9.17, 15) is 9.90 Å². The second-order valence-electron chi connectivity index (χ2n) is 4.61. The van der Waals surface area contributed by atoms with Gasteiger partial charge in [-0.15, -0.1) is 6.58 Å². The number of rotatable bonds is 5. The van der Waals surface area contributed by atoms with Crippen molar-refractivity contribution in [1.29, 1.82) is 0 Å². The SMILES string of the molecule is C=C[C@@H](C)NC(=O)NC[C@@](C)(O)c1ccccc1Cl. The summed E-state index contributed by atoms with van der Waals surface area (Å²) in [4.78, 5) is 11.6. The van der Waals surface area contributed by atoms with Crippen LogP contribution in [0.4, 0.5) is 4.79 Å². The molecule has 1 aromatic rings. The molecule has 104 valence electrons. The first-order valence-electron chi connectivity index (χ1n) is 6.01. The number of aliphatic hydroxyl groups is 1. The molecule has 0 saturated carbocycles. The minimum Gasteiger partial charge on any atom is -0.384 e. The van der Waals surface area contributed by atoms with Crippen molar-refractivity contribution in [3.05, 3.63) is 47.5 Å². The van der Waals surface area contributed by atoms with Gasteiger partial charge in [0.2, 0.25) is 0 Å². The van der Waals surface area contributed by atoms with Crippen molar-refractivity contribution in [2.24, 2.45) is 0 Å². The van der Waals surface area contributed by atoms with Crippen molar-refractivity contribution in [3.63, 3.8) is 0 Å². The van der Waals surface area contributed by atoms with Crippen LogP contribution in [0, 0.1) is 0 Å². The van der Waals surface area contributed by atoms with Gasteiger partial charge in [0.15, 0.2) is 0 Å². The first kappa shape index (κ1) is 15.5. The minimum atomic E-state index is -1.23. The lowest BCUT2D eigenvalue weighted by molar-refractivity contribution is 0.0594. The Morgan fingerprint density at radius 1 is 1.58 bits per heavy atom. The Labute approximate surface area is 118 Å². The summed E-state index contributed by atoms with van der Waals surface area (Å²) in [5.74, 6) is 0. The fourth-order valence-electron chi connectivity index (χ4n) is 1.56. The van der Waals surface area contributed by atoms with E-state index in [0.717, 1.165) is 0 Å². The summed E-state index contributed by atoms with van der Waals surface area (Å²) in [5.41, 5.74) is -0.652. The highest BCUT2D eigenvalue weighted by molar-refractivity contribution is 6.31. The Morgan fingerprint density at radius 3 is 2.79 bits per heavy atom. The zero-order valence-electron chi connectivity index (χ0n) is 11.1. The van der Waals surface area contributed by atoms with Crippen LogP contribution in [0.25, 0.3) is 0 Å². The van der Waals surface area contributed by atoms with Gasteiger partial charge in [-0.25, -0.2) is 4.79 Å². The highest BCUT2D eigenvalue weighted by Gasteiger charge is 2.26. The Hall–Kier alpha value is -1.52. The predicted molar refractivity (Wildman–Crippen MR) is 77.2 cm³/mol. The number of amides is 2. The van der Waals surface area contributed by atoms with Gasteiger partial charge in [-0.1, -0.05) is 35.9 Å². The molecule has 0 bridgehead atoms. The van der Waals surface area contributed by atoms with Gasteiger partial charge < -0.3 is 15.7 Å². The molecular formula is C14H19ClN2O2. The van der Waals surface area contributed by atoms with Gasteiger partial charge in [0.05, 0.1) is 6.54 Å². The van der Waals surface area contributed by atoms with Crippen molar-refractivity contribution in [3.8, 4) is 0 Å². The third-order valence-electron chi connectivity index (χ3n) is 2.76. The van der Waals surface area contributed by atoms with Crippen LogP contribution in [0.1, 0.15) is 19.4 Å². The minimum absolute atomic E-state index is 0.0619. The van der Waals surface area contributed by atoms with Crippen LogP contribution in [0.5, 0.6) is 0 Å². The topological polar surface area (TPSA) is 61.4 Å². The number of benzene rings is 1. The molecule has 0 saturated heterocycles. The maximum Gasteiger partial charge on any atom is 0.315 e. The second-order valence-corrected chi connectivity index (χ2v) is 5.01. The van der Waals surface area contributed by atoms with Crippen molar-refractivity contribution >= 4 is 17.6 Å². The quantitative estimate of drug-likeness (QED) is 0.727. The van der Waals surface area contributed by atoms with Crippen LogP contribution in [0.15, 0.2) is 36.9 Å². The molecular weight excluding hydrogens is 264 g/mol. The summed E-state index contributed by atoms with van der Waals surface area (Å²) in [6.07, 6.45) is 1.62. The summed E-state index contributed by atoms with van der Waals surface area (Å²) in [7, 11) is 0. The van der Waals surface area contributed by atoms with Crippen LogP contribution in [-0.4, -0.2) is 23.7 Å². The van der Waals surface area contributed by atoms with Crippen LogP contribution in [-0.2, 0) is 5.60 Å². The van der Waals surface area contributed by atoms with Gasteiger partial charge in [0, 0.05) is 16.6 Å². The van der Waals surface area contributed by atoms with E-state index in [-0.39, 0.29) is 18.6 Å². The molecule has 1 aromatic carbocycles. The molecule has 3 N–H and O–H groups in total. The first-order valence-corrected chi connectivity index (χ1v) is 6.39. The van der Waals surface area contributed by atoms with Gasteiger partial charge in [0.1, 0.15) is 5.60 Å². The lowest BCUT2D eigenvalue weighted by atomic mass is 9.96. The number of carbonyl (C=O) groups excluding carboxylic acids is 1. The summed E-state index contributed by atoms with van der Waals surface area (Å²) < 4.78 is 0. The van der Waals surface area contributed by atoms with Crippen LogP contribution >= 0.6 is 11.6 Å². The molecule has 0 unspecified atom stereocenters. The van der Waals surface area contributed by atoms with Gasteiger partial charge in [-0.2, -0.15) is 0 Å². The highest BCUT2D eigenvalue weighted by Crippen LogP contribution is 2.26. The van der Waals surface area contributed by atoms with E-state index < -0.39 is 5.60 Å².